The summed E-state index contributed by atoms with van der Waals surface area (Å²) in [6.45, 7) is 1.02. The van der Waals surface area contributed by atoms with Crippen molar-refractivity contribution in [1.29, 1.82) is 0 Å². The van der Waals surface area contributed by atoms with Gasteiger partial charge in [0.1, 0.15) is 0 Å². The quantitative estimate of drug-likeness (QED) is 0.756. The second-order valence-electron chi connectivity index (χ2n) is 4.13. The number of piperidine rings is 1. The van der Waals surface area contributed by atoms with Crippen LogP contribution in [-0.2, 0) is 0 Å². The average molecular weight is 218 g/mol. The van der Waals surface area contributed by atoms with Gasteiger partial charge in [0, 0.05) is 6.20 Å². The van der Waals surface area contributed by atoms with Gasteiger partial charge in [-0.1, -0.05) is 6.42 Å². The SMILES string of the molecule is Oc1cccn2nc(C3CCCCN3)nc12. The molecular formula is C11H14N4O. The summed E-state index contributed by atoms with van der Waals surface area (Å²) in [6, 6.07) is 3.62. The zero-order chi connectivity index (χ0) is 11.0. The van der Waals surface area contributed by atoms with Crippen molar-refractivity contribution in [2.45, 2.75) is 25.3 Å². The fourth-order valence-corrected chi connectivity index (χ4v) is 2.13. The summed E-state index contributed by atoms with van der Waals surface area (Å²) in [6.07, 6.45) is 5.29. The van der Waals surface area contributed by atoms with Gasteiger partial charge in [-0.15, -0.1) is 5.10 Å². The van der Waals surface area contributed by atoms with Crippen LogP contribution in [0.3, 0.4) is 0 Å². The van der Waals surface area contributed by atoms with Gasteiger partial charge in [-0.3, -0.25) is 0 Å². The lowest BCUT2D eigenvalue weighted by Crippen LogP contribution is -2.27. The third-order valence-electron chi connectivity index (χ3n) is 2.98. The van der Waals surface area contributed by atoms with E-state index in [9.17, 15) is 5.11 Å². The predicted molar refractivity (Wildman–Crippen MR) is 59.2 cm³/mol. The number of aromatic nitrogens is 3. The van der Waals surface area contributed by atoms with Crippen LogP contribution in [0.1, 0.15) is 31.1 Å². The molecule has 1 aliphatic rings. The monoisotopic (exact) mass is 218 g/mol. The van der Waals surface area contributed by atoms with Gasteiger partial charge in [0.05, 0.1) is 6.04 Å². The largest absolute Gasteiger partial charge is 0.504 e. The Bertz CT molecular complexity index is 502. The molecule has 5 heteroatoms. The van der Waals surface area contributed by atoms with Crippen LogP contribution < -0.4 is 5.32 Å². The third kappa shape index (κ3) is 1.53. The van der Waals surface area contributed by atoms with Crippen molar-refractivity contribution >= 4 is 5.65 Å². The molecule has 0 amide bonds. The standard InChI is InChI=1S/C11H14N4O/c16-9-5-3-7-15-11(9)13-10(14-15)8-4-1-2-6-12-8/h3,5,7-8,12,16H,1-2,4,6H2. The molecular weight excluding hydrogens is 204 g/mol. The number of pyridine rings is 1. The molecule has 0 aliphatic carbocycles. The second kappa shape index (κ2) is 3.75. The number of nitrogens with zero attached hydrogens (tertiary/aromatic N) is 3. The van der Waals surface area contributed by atoms with Crippen molar-refractivity contribution in [3.63, 3.8) is 0 Å². The molecule has 0 spiro atoms. The topological polar surface area (TPSA) is 62.5 Å². The smallest absolute Gasteiger partial charge is 0.197 e. The first-order valence-corrected chi connectivity index (χ1v) is 5.62. The molecule has 1 unspecified atom stereocenters. The zero-order valence-corrected chi connectivity index (χ0v) is 8.93. The molecule has 1 aliphatic heterocycles. The van der Waals surface area contributed by atoms with E-state index in [2.05, 4.69) is 15.4 Å². The lowest BCUT2D eigenvalue weighted by molar-refractivity contribution is 0.397. The summed E-state index contributed by atoms with van der Waals surface area (Å²) in [5.41, 5.74) is 0.532. The van der Waals surface area contributed by atoms with E-state index in [0.29, 0.717) is 5.65 Å². The van der Waals surface area contributed by atoms with E-state index in [0.717, 1.165) is 18.8 Å². The number of rotatable bonds is 1. The van der Waals surface area contributed by atoms with Crippen LogP contribution in [0.5, 0.6) is 5.75 Å². The number of aromatic hydroxyl groups is 1. The molecule has 0 radical (unpaired) electrons. The molecule has 1 fully saturated rings. The Morgan fingerprint density at radius 2 is 2.38 bits per heavy atom. The summed E-state index contributed by atoms with van der Waals surface area (Å²) < 4.78 is 1.63. The van der Waals surface area contributed by atoms with E-state index in [4.69, 9.17) is 0 Å². The molecule has 2 aromatic heterocycles. The predicted octanol–water partition coefficient (Wildman–Crippen LogP) is 1.25. The van der Waals surface area contributed by atoms with E-state index in [1.165, 1.54) is 12.8 Å². The van der Waals surface area contributed by atoms with E-state index < -0.39 is 0 Å². The normalized spacial score (nSPS) is 21.4. The molecule has 3 rings (SSSR count). The minimum absolute atomic E-state index is 0.178. The molecule has 1 atom stereocenters. The highest BCUT2D eigenvalue weighted by molar-refractivity contribution is 5.51. The van der Waals surface area contributed by atoms with E-state index in [1.807, 2.05) is 0 Å². The Kier molecular flexibility index (Phi) is 2.25. The van der Waals surface area contributed by atoms with Gasteiger partial charge in [-0.2, -0.15) is 0 Å². The zero-order valence-electron chi connectivity index (χ0n) is 8.93. The molecule has 2 N–H and O–H groups in total. The first-order chi connectivity index (χ1) is 7.84. The summed E-state index contributed by atoms with van der Waals surface area (Å²) >= 11 is 0. The van der Waals surface area contributed by atoms with Crippen LogP contribution in [0.4, 0.5) is 0 Å². The van der Waals surface area contributed by atoms with Crippen LogP contribution in [0, 0.1) is 0 Å². The average Bonchev–Trinajstić information content (AvgIpc) is 2.76. The van der Waals surface area contributed by atoms with Gasteiger partial charge in [-0.05, 0) is 31.5 Å². The van der Waals surface area contributed by atoms with Gasteiger partial charge in [0.25, 0.3) is 0 Å². The second-order valence-corrected chi connectivity index (χ2v) is 4.13. The molecule has 5 nitrogen and oxygen atoms in total. The van der Waals surface area contributed by atoms with Gasteiger partial charge in [0.2, 0.25) is 0 Å². The van der Waals surface area contributed by atoms with Crippen molar-refractivity contribution in [2.75, 3.05) is 6.54 Å². The van der Waals surface area contributed by atoms with Crippen LogP contribution in [0.2, 0.25) is 0 Å². The van der Waals surface area contributed by atoms with Gasteiger partial charge in [-0.25, -0.2) is 9.50 Å². The molecule has 2 aromatic rings. The third-order valence-corrected chi connectivity index (χ3v) is 2.98. The van der Waals surface area contributed by atoms with Crippen molar-refractivity contribution in [3.8, 4) is 5.75 Å². The van der Waals surface area contributed by atoms with Crippen LogP contribution in [-0.4, -0.2) is 26.2 Å². The van der Waals surface area contributed by atoms with Crippen molar-refractivity contribution in [2.24, 2.45) is 0 Å². The molecule has 0 aromatic carbocycles. The number of hydrogen-bond acceptors (Lipinski definition) is 4. The fourth-order valence-electron chi connectivity index (χ4n) is 2.13. The minimum atomic E-state index is 0.178. The summed E-state index contributed by atoms with van der Waals surface area (Å²) in [5.74, 6) is 0.957. The molecule has 0 saturated carbocycles. The van der Waals surface area contributed by atoms with Crippen molar-refractivity contribution in [1.82, 2.24) is 19.9 Å². The first kappa shape index (κ1) is 9.59. The minimum Gasteiger partial charge on any atom is -0.504 e. The van der Waals surface area contributed by atoms with Crippen LogP contribution in [0.25, 0.3) is 5.65 Å². The van der Waals surface area contributed by atoms with Gasteiger partial charge < -0.3 is 10.4 Å². The van der Waals surface area contributed by atoms with Crippen LogP contribution >= 0.6 is 0 Å². The lowest BCUT2D eigenvalue weighted by atomic mass is 10.0. The molecule has 3 heterocycles. The Labute approximate surface area is 93.1 Å². The first-order valence-electron chi connectivity index (χ1n) is 5.62. The molecule has 0 bridgehead atoms. The van der Waals surface area contributed by atoms with E-state index >= 15 is 0 Å². The fraction of sp³-hybridized carbons (Fsp3) is 0.455. The maximum Gasteiger partial charge on any atom is 0.197 e. The van der Waals surface area contributed by atoms with E-state index in [1.54, 1.807) is 22.8 Å². The van der Waals surface area contributed by atoms with Gasteiger partial charge in [0.15, 0.2) is 17.2 Å². The van der Waals surface area contributed by atoms with E-state index in [-0.39, 0.29) is 11.8 Å². The maximum atomic E-state index is 9.64. The number of nitrogens with one attached hydrogen (secondary N) is 1. The number of hydrogen-bond donors (Lipinski definition) is 2. The summed E-state index contributed by atoms with van der Waals surface area (Å²) in [5, 5.41) is 17.4. The Morgan fingerprint density at radius 3 is 3.12 bits per heavy atom. The highest BCUT2D eigenvalue weighted by atomic mass is 16.3. The molecule has 84 valence electrons. The molecule has 1 saturated heterocycles. The Balaban J connectivity index is 2.01. The molecule has 16 heavy (non-hydrogen) atoms. The van der Waals surface area contributed by atoms with Crippen LogP contribution in [0.15, 0.2) is 18.3 Å². The number of fused-ring (bicyclic) bond motifs is 1. The van der Waals surface area contributed by atoms with Crippen molar-refractivity contribution < 1.29 is 5.11 Å². The summed E-state index contributed by atoms with van der Waals surface area (Å²) in [7, 11) is 0. The summed E-state index contributed by atoms with van der Waals surface area (Å²) in [4.78, 5) is 4.38. The lowest BCUT2D eigenvalue weighted by Gasteiger charge is -2.20. The highest BCUT2D eigenvalue weighted by Crippen LogP contribution is 2.22. The Hall–Kier alpha value is -1.62. The maximum absolute atomic E-state index is 9.64. The Morgan fingerprint density at radius 1 is 1.44 bits per heavy atom. The highest BCUT2D eigenvalue weighted by Gasteiger charge is 2.19. The van der Waals surface area contributed by atoms with Gasteiger partial charge >= 0.3 is 0 Å². The van der Waals surface area contributed by atoms with Crippen molar-refractivity contribution in [3.05, 3.63) is 24.2 Å².